The van der Waals surface area contributed by atoms with Crippen LogP contribution in [-0.4, -0.2) is 33.0 Å². The molecule has 29 heavy (non-hydrogen) atoms. The summed E-state index contributed by atoms with van der Waals surface area (Å²) in [5.74, 6) is 0.674. The highest BCUT2D eigenvalue weighted by atomic mass is 32.2. The van der Waals surface area contributed by atoms with E-state index in [1.54, 1.807) is 29.5 Å². The lowest BCUT2D eigenvalue weighted by Crippen LogP contribution is -2.30. The average molecular weight is 430 g/mol. The first-order valence-corrected chi connectivity index (χ1v) is 11.3. The van der Waals surface area contributed by atoms with Crippen LogP contribution in [0.15, 0.2) is 58.9 Å². The summed E-state index contributed by atoms with van der Waals surface area (Å²) in [6, 6.07) is 12.3. The Balaban J connectivity index is 1.52. The van der Waals surface area contributed by atoms with Crippen LogP contribution in [0.25, 0.3) is 0 Å². The fraction of sp³-hybridized carbons (Fsp3) is 0.200. The van der Waals surface area contributed by atoms with E-state index in [2.05, 4.69) is 9.71 Å². The summed E-state index contributed by atoms with van der Waals surface area (Å²) in [6.07, 6.45) is 2.40. The van der Waals surface area contributed by atoms with Crippen molar-refractivity contribution in [1.29, 1.82) is 0 Å². The number of carbonyl (C=O) groups is 1. The lowest BCUT2D eigenvalue weighted by atomic mass is 10.1. The van der Waals surface area contributed by atoms with Gasteiger partial charge >= 0.3 is 0 Å². The fourth-order valence-electron chi connectivity index (χ4n) is 3.30. The normalized spacial score (nSPS) is 13.2. The number of sulfonamides is 1. The minimum absolute atomic E-state index is 0.0338. The van der Waals surface area contributed by atoms with Gasteiger partial charge in [-0.1, -0.05) is 12.1 Å². The van der Waals surface area contributed by atoms with Gasteiger partial charge in [-0.3, -0.25) is 9.52 Å². The zero-order valence-electron chi connectivity index (χ0n) is 15.7. The van der Waals surface area contributed by atoms with E-state index >= 15 is 0 Å². The van der Waals surface area contributed by atoms with Gasteiger partial charge in [0.1, 0.15) is 5.75 Å². The number of fused-ring (bicyclic) bond motifs is 1. The highest BCUT2D eigenvalue weighted by Crippen LogP contribution is 2.31. The minimum atomic E-state index is -3.72. The third-order valence-corrected chi connectivity index (χ3v) is 6.86. The Morgan fingerprint density at radius 1 is 1.28 bits per heavy atom. The van der Waals surface area contributed by atoms with Crippen molar-refractivity contribution in [3.05, 3.63) is 65.2 Å². The quantitative estimate of drug-likeness (QED) is 0.651. The van der Waals surface area contributed by atoms with Gasteiger partial charge in [-0.2, -0.15) is 0 Å². The predicted molar refractivity (Wildman–Crippen MR) is 112 cm³/mol. The summed E-state index contributed by atoms with van der Waals surface area (Å²) in [7, 11) is -2.13. The van der Waals surface area contributed by atoms with Crippen molar-refractivity contribution in [2.45, 2.75) is 17.7 Å². The number of amides is 1. The van der Waals surface area contributed by atoms with E-state index in [4.69, 9.17) is 4.74 Å². The van der Waals surface area contributed by atoms with Gasteiger partial charge < -0.3 is 9.64 Å². The molecule has 1 amide bonds. The van der Waals surface area contributed by atoms with Gasteiger partial charge in [-0.05, 0) is 47.9 Å². The molecule has 0 fully saturated rings. The van der Waals surface area contributed by atoms with Crippen molar-refractivity contribution < 1.29 is 17.9 Å². The summed E-state index contributed by atoms with van der Waals surface area (Å²) >= 11 is 1.21. The lowest BCUT2D eigenvalue weighted by Gasteiger charge is -2.18. The first-order chi connectivity index (χ1) is 14.0. The number of rotatable bonds is 6. The SMILES string of the molecule is COc1cccc(CC(=O)N2CCc3cc(S(=O)(=O)Nc4nccs4)ccc32)c1. The monoisotopic (exact) mass is 429 g/mol. The smallest absolute Gasteiger partial charge is 0.263 e. The summed E-state index contributed by atoms with van der Waals surface area (Å²) < 4.78 is 32.8. The van der Waals surface area contributed by atoms with Crippen molar-refractivity contribution in [1.82, 2.24) is 4.98 Å². The van der Waals surface area contributed by atoms with Crippen LogP contribution < -0.4 is 14.4 Å². The number of carbonyl (C=O) groups excluding carboxylic acids is 1. The van der Waals surface area contributed by atoms with Crippen LogP contribution in [0.4, 0.5) is 10.8 Å². The zero-order valence-corrected chi connectivity index (χ0v) is 17.3. The number of hydrogen-bond acceptors (Lipinski definition) is 6. The number of anilines is 2. The van der Waals surface area contributed by atoms with E-state index in [1.807, 2.05) is 24.3 Å². The molecule has 0 radical (unpaired) electrons. The molecule has 0 aliphatic carbocycles. The van der Waals surface area contributed by atoms with E-state index < -0.39 is 10.0 Å². The second-order valence-electron chi connectivity index (χ2n) is 6.56. The molecule has 0 spiro atoms. The molecule has 3 aromatic rings. The van der Waals surface area contributed by atoms with E-state index in [-0.39, 0.29) is 17.2 Å². The van der Waals surface area contributed by atoms with Crippen molar-refractivity contribution in [2.24, 2.45) is 0 Å². The molecule has 1 aromatic heterocycles. The van der Waals surface area contributed by atoms with E-state index in [0.29, 0.717) is 23.8 Å². The Morgan fingerprint density at radius 3 is 2.90 bits per heavy atom. The topological polar surface area (TPSA) is 88.6 Å². The van der Waals surface area contributed by atoms with Crippen LogP contribution in [0.3, 0.4) is 0 Å². The van der Waals surface area contributed by atoms with Crippen LogP contribution in [0, 0.1) is 0 Å². The van der Waals surface area contributed by atoms with Gasteiger partial charge in [-0.15, -0.1) is 11.3 Å². The molecule has 0 saturated heterocycles. The van der Waals surface area contributed by atoms with E-state index in [9.17, 15) is 13.2 Å². The number of nitrogens with zero attached hydrogens (tertiary/aromatic N) is 2. The Hall–Kier alpha value is -2.91. The molecule has 1 aliphatic rings. The lowest BCUT2D eigenvalue weighted by molar-refractivity contribution is -0.117. The summed E-state index contributed by atoms with van der Waals surface area (Å²) in [5, 5.41) is 2.02. The molecule has 0 saturated carbocycles. The first kappa shape index (κ1) is 19.4. The van der Waals surface area contributed by atoms with E-state index in [0.717, 1.165) is 16.8 Å². The minimum Gasteiger partial charge on any atom is -0.497 e. The fourth-order valence-corrected chi connectivity index (χ4v) is 5.14. The Bertz CT molecular complexity index is 1140. The predicted octanol–water partition coefficient (Wildman–Crippen LogP) is 3.08. The molecule has 9 heteroatoms. The van der Waals surface area contributed by atoms with Gasteiger partial charge in [0.15, 0.2) is 5.13 Å². The van der Waals surface area contributed by atoms with Gasteiger partial charge in [0, 0.05) is 23.8 Å². The number of hydrogen-bond donors (Lipinski definition) is 1. The molecule has 4 rings (SSSR count). The molecule has 1 N–H and O–H groups in total. The molecule has 1 aliphatic heterocycles. The maximum atomic E-state index is 12.8. The molecular weight excluding hydrogens is 410 g/mol. The Kier molecular flexibility index (Phi) is 5.25. The van der Waals surface area contributed by atoms with Crippen LogP contribution in [-0.2, 0) is 27.7 Å². The maximum Gasteiger partial charge on any atom is 0.263 e. The molecule has 2 heterocycles. The molecule has 2 aromatic carbocycles. The van der Waals surface area contributed by atoms with E-state index in [1.165, 1.54) is 23.6 Å². The third kappa shape index (κ3) is 4.10. The van der Waals surface area contributed by atoms with Crippen LogP contribution in [0.5, 0.6) is 5.75 Å². The molecule has 0 unspecified atom stereocenters. The van der Waals surface area contributed by atoms with Crippen molar-refractivity contribution >= 4 is 38.1 Å². The van der Waals surface area contributed by atoms with Gasteiger partial charge in [-0.25, -0.2) is 13.4 Å². The number of methoxy groups -OCH3 is 1. The van der Waals surface area contributed by atoms with Gasteiger partial charge in [0.05, 0.1) is 18.4 Å². The number of benzene rings is 2. The standard InChI is InChI=1S/C20H19N3O4S2/c1-27-16-4-2-3-14(11-16)12-19(24)23-9-7-15-13-17(5-6-18(15)23)29(25,26)22-20-21-8-10-28-20/h2-6,8,10-11,13H,7,9,12H2,1H3,(H,21,22). The molecular formula is C20H19N3O4S2. The third-order valence-electron chi connectivity index (χ3n) is 4.70. The maximum absolute atomic E-state index is 12.8. The van der Waals surface area contributed by atoms with Gasteiger partial charge in [0.25, 0.3) is 10.0 Å². The zero-order chi connectivity index (χ0) is 20.4. The summed E-state index contributed by atoms with van der Waals surface area (Å²) in [6.45, 7) is 0.529. The largest absolute Gasteiger partial charge is 0.497 e. The second-order valence-corrected chi connectivity index (χ2v) is 9.13. The van der Waals surface area contributed by atoms with Crippen LogP contribution >= 0.6 is 11.3 Å². The van der Waals surface area contributed by atoms with Crippen LogP contribution in [0.2, 0.25) is 0 Å². The molecule has 0 bridgehead atoms. The number of ether oxygens (including phenoxy) is 1. The van der Waals surface area contributed by atoms with Gasteiger partial charge in [0.2, 0.25) is 5.91 Å². The Morgan fingerprint density at radius 2 is 2.14 bits per heavy atom. The second kappa shape index (κ2) is 7.84. The molecule has 7 nitrogen and oxygen atoms in total. The number of thiazole rings is 1. The highest BCUT2D eigenvalue weighted by molar-refractivity contribution is 7.93. The van der Waals surface area contributed by atoms with Crippen molar-refractivity contribution in [3.63, 3.8) is 0 Å². The number of nitrogens with one attached hydrogen (secondary N) is 1. The number of aromatic nitrogens is 1. The molecule has 150 valence electrons. The highest BCUT2D eigenvalue weighted by Gasteiger charge is 2.27. The Labute approximate surface area is 173 Å². The van der Waals surface area contributed by atoms with Crippen molar-refractivity contribution in [3.8, 4) is 5.75 Å². The molecule has 0 atom stereocenters. The summed E-state index contributed by atoms with van der Waals surface area (Å²) in [5.41, 5.74) is 2.46. The van der Waals surface area contributed by atoms with Crippen molar-refractivity contribution in [2.75, 3.05) is 23.3 Å². The van der Waals surface area contributed by atoms with Crippen LogP contribution in [0.1, 0.15) is 11.1 Å². The summed E-state index contributed by atoms with van der Waals surface area (Å²) in [4.78, 5) is 18.6. The average Bonchev–Trinajstić information content (AvgIpc) is 3.36. The first-order valence-electron chi connectivity index (χ1n) is 8.95.